The molecule has 0 saturated heterocycles. The predicted molar refractivity (Wildman–Crippen MR) is 82.9 cm³/mol. The summed E-state index contributed by atoms with van der Waals surface area (Å²) in [6.07, 6.45) is 3.63. The summed E-state index contributed by atoms with van der Waals surface area (Å²) in [6, 6.07) is 6.11. The van der Waals surface area contributed by atoms with Crippen molar-refractivity contribution in [1.29, 1.82) is 0 Å². The van der Waals surface area contributed by atoms with Crippen LogP contribution in [0.5, 0.6) is 0 Å². The van der Waals surface area contributed by atoms with E-state index in [0.717, 1.165) is 11.1 Å². The van der Waals surface area contributed by atoms with Crippen LogP contribution in [0.1, 0.15) is 35.2 Å². The summed E-state index contributed by atoms with van der Waals surface area (Å²) < 4.78 is 1.72. The standard InChI is InChI=1S/C16H22N4O/c1-11-5-12(2)7-15(6-11)13(3)19-16(21)17-8-14-9-18-20(4)10-14/h5-7,9-10,13H,8H2,1-4H3,(H2,17,19,21). The van der Waals surface area contributed by atoms with Gasteiger partial charge < -0.3 is 10.6 Å². The number of carbonyl (C=O) groups excluding carboxylic acids is 1. The van der Waals surface area contributed by atoms with E-state index in [1.54, 1.807) is 10.9 Å². The Kier molecular flexibility index (Phi) is 4.62. The second kappa shape index (κ2) is 6.43. The van der Waals surface area contributed by atoms with Crippen LogP contribution in [0.2, 0.25) is 0 Å². The summed E-state index contributed by atoms with van der Waals surface area (Å²) in [5.74, 6) is 0. The summed E-state index contributed by atoms with van der Waals surface area (Å²) >= 11 is 0. The number of aryl methyl sites for hydroxylation is 3. The van der Waals surface area contributed by atoms with E-state index in [-0.39, 0.29) is 12.1 Å². The van der Waals surface area contributed by atoms with Crippen LogP contribution in [0.4, 0.5) is 4.79 Å². The maximum atomic E-state index is 11.9. The van der Waals surface area contributed by atoms with E-state index >= 15 is 0 Å². The molecule has 2 N–H and O–H groups in total. The molecule has 5 heteroatoms. The summed E-state index contributed by atoms with van der Waals surface area (Å²) in [4.78, 5) is 11.9. The number of aromatic nitrogens is 2. The first-order valence-corrected chi connectivity index (χ1v) is 7.04. The Morgan fingerprint density at radius 1 is 1.29 bits per heavy atom. The number of benzene rings is 1. The van der Waals surface area contributed by atoms with Crippen LogP contribution in [0, 0.1) is 13.8 Å². The van der Waals surface area contributed by atoms with Crippen LogP contribution >= 0.6 is 0 Å². The SMILES string of the molecule is Cc1cc(C)cc(C(C)NC(=O)NCc2cnn(C)c2)c1. The number of hydrogen-bond acceptors (Lipinski definition) is 2. The highest BCUT2D eigenvalue weighted by Crippen LogP contribution is 2.16. The molecular weight excluding hydrogens is 264 g/mol. The minimum Gasteiger partial charge on any atom is -0.334 e. The first-order chi connectivity index (χ1) is 9.94. The minimum atomic E-state index is -0.175. The van der Waals surface area contributed by atoms with Gasteiger partial charge in [-0.25, -0.2) is 4.79 Å². The van der Waals surface area contributed by atoms with Gasteiger partial charge in [-0.3, -0.25) is 4.68 Å². The van der Waals surface area contributed by atoms with E-state index in [1.165, 1.54) is 11.1 Å². The van der Waals surface area contributed by atoms with Crippen molar-refractivity contribution in [2.24, 2.45) is 7.05 Å². The second-order valence-electron chi connectivity index (χ2n) is 5.49. The molecule has 0 aliphatic rings. The molecule has 2 aromatic rings. The summed E-state index contributed by atoms with van der Waals surface area (Å²) in [7, 11) is 1.85. The molecule has 0 fully saturated rings. The highest BCUT2D eigenvalue weighted by atomic mass is 16.2. The average Bonchev–Trinajstić information content (AvgIpc) is 2.81. The quantitative estimate of drug-likeness (QED) is 0.907. The zero-order chi connectivity index (χ0) is 15.4. The Hall–Kier alpha value is -2.30. The topological polar surface area (TPSA) is 59.0 Å². The Morgan fingerprint density at radius 2 is 1.95 bits per heavy atom. The third-order valence-electron chi connectivity index (χ3n) is 3.30. The fourth-order valence-corrected chi connectivity index (χ4v) is 2.34. The molecule has 21 heavy (non-hydrogen) atoms. The number of urea groups is 1. The number of amides is 2. The lowest BCUT2D eigenvalue weighted by atomic mass is 10.0. The lowest BCUT2D eigenvalue weighted by Gasteiger charge is -2.16. The number of nitrogens with one attached hydrogen (secondary N) is 2. The van der Waals surface area contributed by atoms with Crippen LogP contribution in [0.3, 0.4) is 0 Å². The maximum absolute atomic E-state index is 11.9. The number of rotatable bonds is 4. The second-order valence-corrected chi connectivity index (χ2v) is 5.49. The summed E-state index contributed by atoms with van der Waals surface area (Å²) in [6.45, 7) is 6.58. The molecule has 0 bridgehead atoms. The minimum absolute atomic E-state index is 0.0301. The van der Waals surface area contributed by atoms with Crippen molar-refractivity contribution >= 4 is 6.03 Å². The van der Waals surface area contributed by atoms with Gasteiger partial charge in [0.25, 0.3) is 0 Å². The van der Waals surface area contributed by atoms with Crippen molar-refractivity contribution in [2.45, 2.75) is 33.4 Å². The van der Waals surface area contributed by atoms with Crippen molar-refractivity contribution < 1.29 is 4.79 Å². The van der Waals surface area contributed by atoms with Crippen molar-refractivity contribution in [2.75, 3.05) is 0 Å². The molecular formula is C16H22N4O. The van der Waals surface area contributed by atoms with Gasteiger partial charge in [0.15, 0.2) is 0 Å². The zero-order valence-electron chi connectivity index (χ0n) is 13.0. The monoisotopic (exact) mass is 286 g/mol. The smallest absolute Gasteiger partial charge is 0.315 e. The molecule has 0 saturated carbocycles. The van der Waals surface area contributed by atoms with Gasteiger partial charge in [0.2, 0.25) is 0 Å². The molecule has 0 radical (unpaired) electrons. The van der Waals surface area contributed by atoms with Crippen LogP contribution in [-0.4, -0.2) is 15.8 Å². The van der Waals surface area contributed by atoms with E-state index in [9.17, 15) is 4.79 Å². The molecule has 2 amide bonds. The summed E-state index contributed by atoms with van der Waals surface area (Å²) in [5, 5.41) is 9.86. The van der Waals surface area contributed by atoms with Crippen molar-refractivity contribution in [3.8, 4) is 0 Å². The predicted octanol–water partition coefficient (Wildman–Crippen LogP) is 2.60. The first-order valence-electron chi connectivity index (χ1n) is 7.04. The third kappa shape index (κ3) is 4.34. The van der Waals surface area contributed by atoms with E-state index in [2.05, 4.69) is 47.8 Å². The van der Waals surface area contributed by atoms with E-state index in [1.807, 2.05) is 20.2 Å². The Balaban J connectivity index is 1.89. The first kappa shape index (κ1) is 15.1. The molecule has 1 aromatic heterocycles. The Morgan fingerprint density at radius 3 is 2.52 bits per heavy atom. The van der Waals surface area contributed by atoms with E-state index in [4.69, 9.17) is 0 Å². The molecule has 2 rings (SSSR count). The fourth-order valence-electron chi connectivity index (χ4n) is 2.34. The molecule has 1 aromatic carbocycles. The molecule has 1 atom stereocenters. The van der Waals surface area contributed by atoms with Crippen molar-refractivity contribution in [1.82, 2.24) is 20.4 Å². The molecule has 1 heterocycles. The molecule has 0 aliphatic carbocycles. The maximum Gasteiger partial charge on any atom is 0.315 e. The molecule has 5 nitrogen and oxygen atoms in total. The number of nitrogens with zero attached hydrogens (tertiary/aromatic N) is 2. The molecule has 112 valence electrons. The van der Waals surface area contributed by atoms with Gasteiger partial charge in [-0.05, 0) is 26.3 Å². The lowest BCUT2D eigenvalue weighted by Crippen LogP contribution is -2.36. The average molecular weight is 286 g/mol. The van der Waals surface area contributed by atoms with Gasteiger partial charge in [0.05, 0.1) is 12.2 Å². The third-order valence-corrected chi connectivity index (χ3v) is 3.30. The fraction of sp³-hybridized carbons (Fsp3) is 0.375. The molecule has 0 aliphatic heterocycles. The Bertz CT molecular complexity index is 613. The van der Waals surface area contributed by atoms with Gasteiger partial charge in [0, 0.05) is 25.4 Å². The van der Waals surface area contributed by atoms with Gasteiger partial charge >= 0.3 is 6.03 Å². The van der Waals surface area contributed by atoms with Crippen molar-refractivity contribution in [3.05, 3.63) is 52.8 Å². The van der Waals surface area contributed by atoms with Crippen LogP contribution < -0.4 is 10.6 Å². The number of carbonyl (C=O) groups is 1. The van der Waals surface area contributed by atoms with Gasteiger partial charge in [-0.1, -0.05) is 29.3 Å². The highest BCUT2D eigenvalue weighted by molar-refractivity contribution is 5.74. The zero-order valence-corrected chi connectivity index (χ0v) is 13.0. The molecule has 1 unspecified atom stereocenters. The largest absolute Gasteiger partial charge is 0.334 e. The van der Waals surface area contributed by atoms with E-state index in [0.29, 0.717) is 6.54 Å². The van der Waals surface area contributed by atoms with Gasteiger partial charge in [-0.15, -0.1) is 0 Å². The molecule has 0 spiro atoms. The van der Waals surface area contributed by atoms with Gasteiger partial charge in [0.1, 0.15) is 0 Å². The number of hydrogen-bond donors (Lipinski definition) is 2. The van der Waals surface area contributed by atoms with Gasteiger partial charge in [-0.2, -0.15) is 5.10 Å². The van der Waals surface area contributed by atoms with Crippen LogP contribution in [0.25, 0.3) is 0 Å². The van der Waals surface area contributed by atoms with Crippen molar-refractivity contribution in [3.63, 3.8) is 0 Å². The lowest BCUT2D eigenvalue weighted by molar-refractivity contribution is 0.237. The van der Waals surface area contributed by atoms with E-state index < -0.39 is 0 Å². The Labute approximate surface area is 125 Å². The highest BCUT2D eigenvalue weighted by Gasteiger charge is 2.10. The normalized spacial score (nSPS) is 12.0. The summed E-state index contributed by atoms with van der Waals surface area (Å²) in [5.41, 5.74) is 4.50. The van der Waals surface area contributed by atoms with Crippen LogP contribution in [0.15, 0.2) is 30.6 Å². The van der Waals surface area contributed by atoms with Crippen LogP contribution in [-0.2, 0) is 13.6 Å².